The van der Waals surface area contributed by atoms with Gasteiger partial charge in [-0.3, -0.25) is 4.79 Å². The summed E-state index contributed by atoms with van der Waals surface area (Å²) in [5.41, 5.74) is -0.603. The Bertz CT molecular complexity index is 436. The van der Waals surface area contributed by atoms with Gasteiger partial charge in [-0.1, -0.05) is 0 Å². The molecule has 0 fully saturated rings. The van der Waals surface area contributed by atoms with Crippen molar-refractivity contribution < 1.29 is 14.6 Å². The fourth-order valence-electron chi connectivity index (χ4n) is 0.893. The number of nitrogens with zero attached hydrogens (tertiary/aromatic N) is 1. The highest BCUT2D eigenvalue weighted by molar-refractivity contribution is 5.87. The molecule has 15 heavy (non-hydrogen) atoms. The maximum Gasteiger partial charge on any atom is 0.330 e. The molecule has 0 saturated carbocycles. The number of nitrogens with one attached hydrogen (secondary N) is 1. The van der Waals surface area contributed by atoms with Crippen molar-refractivity contribution in [3.05, 3.63) is 28.3 Å². The summed E-state index contributed by atoms with van der Waals surface area (Å²) in [5, 5.41) is 9.20. The van der Waals surface area contributed by atoms with Crippen LogP contribution in [-0.2, 0) is 9.53 Å². The molecule has 80 valence electrons. The van der Waals surface area contributed by atoms with E-state index in [4.69, 9.17) is 0 Å². The van der Waals surface area contributed by atoms with Gasteiger partial charge in [0, 0.05) is 6.08 Å². The molecule has 0 aliphatic rings. The first-order chi connectivity index (χ1) is 7.15. The van der Waals surface area contributed by atoms with Crippen LogP contribution in [0.2, 0.25) is 0 Å². The molecular weight excluding hydrogens is 200 g/mol. The van der Waals surface area contributed by atoms with Crippen LogP contribution in [0.15, 0.2) is 17.2 Å². The molecule has 0 saturated heterocycles. The molecule has 0 atom stereocenters. The summed E-state index contributed by atoms with van der Waals surface area (Å²) in [5.74, 6) is -1.01. The van der Waals surface area contributed by atoms with Crippen molar-refractivity contribution in [3.63, 3.8) is 0 Å². The topological polar surface area (TPSA) is 92.3 Å². The van der Waals surface area contributed by atoms with E-state index in [1.165, 1.54) is 0 Å². The van der Waals surface area contributed by atoms with E-state index in [2.05, 4.69) is 14.7 Å². The number of hydrogen-bond donors (Lipinski definition) is 2. The second-order valence-corrected chi connectivity index (χ2v) is 2.55. The molecule has 6 nitrogen and oxygen atoms in total. The number of carbonyl (C=O) groups is 1. The molecule has 1 rings (SSSR count). The Hall–Kier alpha value is -2.11. The van der Waals surface area contributed by atoms with E-state index in [0.717, 1.165) is 18.5 Å². The molecule has 0 amide bonds. The van der Waals surface area contributed by atoms with Gasteiger partial charge in [0.25, 0.3) is 5.56 Å². The van der Waals surface area contributed by atoms with Gasteiger partial charge in [-0.25, -0.2) is 9.78 Å². The first kappa shape index (κ1) is 11.0. The third-order valence-corrected chi connectivity index (χ3v) is 1.54. The number of rotatable bonds is 3. The van der Waals surface area contributed by atoms with Crippen LogP contribution in [0, 0.1) is 0 Å². The van der Waals surface area contributed by atoms with Crippen LogP contribution in [0.4, 0.5) is 0 Å². The minimum Gasteiger partial charge on any atom is -0.493 e. The third kappa shape index (κ3) is 2.94. The number of hydrogen-bond acceptors (Lipinski definition) is 5. The van der Waals surface area contributed by atoms with Gasteiger partial charge in [0.1, 0.15) is 5.56 Å². The highest BCUT2D eigenvalue weighted by Gasteiger charge is 2.04. The summed E-state index contributed by atoms with van der Waals surface area (Å²) in [6.45, 7) is 1.92. The minimum atomic E-state index is -0.583. The third-order valence-electron chi connectivity index (χ3n) is 1.54. The van der Waals surface area contributed by atoms with E-state index in [0.29, 0.717) is 0 Å². The monoisotopic (exact) mass is 210 g/mol. The Balaban J connectivity index is 2.90. The standard InChI is InChI=1S/C9H10N2O4/c1-2-15-7(12)4-3-6-8(13)10-5-11-9(6)14/h3-5H,2H2,1H3,(H2,10,11,13,14). The van der Waals surface area contributed by atoms with Gasteiger partial charge in [0.05, 0.1) is 12.9 Å². The molecule has 0 unspecified atom stereocenters. The summed E-state index contributed by atoms with van der Waals surface area (Å²) in [6.07, 6.45) is 3.27. The van der Waals surface area contributed by atoms with Crippen LogP contribution >= 0.6 is 0 Å². The molecule has 0 spiro atoms. The normalized spacial score (nSPS) is 10.5. The average Bonchev–Trinajstić information content (AvgIpc) is 2.17. The van der Waals surface area contributed by atoms with Gasteiger partial charge in [-0.05, 0) is 13.0 Å². The molecule has 1 aromatic heterocycles. The van der Waals surface area contributed by atoms with Crippen LogP contribution in [0.25, 0.3) is 6.08 Å². The van der Waals surface area contributed by atoms with Crippen LogP contribution in [0.1, 0.15) is 12.5 Å². The van der Waals surface area contributed by atoms with Crippen LogP contribution in [-0.4, -0.2) is 27.7 Å². The number of esters is 1. The number of carbonyl (C=O) groups excluding carboxylic acids is 1. The molecule has 0 aromatic carbocycles. The maximum absolute atomic E-state index is 11.2. The summed E-state index contributed by atoms with van der Waals surface area (Å²) in [6, 6.07) is 0. The van der Waals surface area contributed by atoms with E-state index >= 15 is 0 Å². The Morgan fingerprint density at radius 1 is 1.73 bits per heavy atom. The summed E-state index contributed by atoms with van der Waals surface area (Å²) in [7, 11) is 0. The molecule has 0 radical (unpaired) electrons. The van der Waals surface area contributed by atoms with Gasteiger partial charge in [-0.15, -0.1) is 0 Å². The summed E-state index contributed by atoms with van der Waals surface area (Å²) < 4.78 is 4.60. The fraction of sp³-hybridized carbons (Fsp3) is 0.222. The Labute approximate surface area is 85.2 Å². The van der Waals surface area contributed by atoms with Crippen molar-refractivity contribution in [2.75, 3.05) is 6.61 Å². The zero-order valence-corrected chi connectivity index (χ0v) is 8.06. The van der Waals surface area contributed by atoms with Crippen LogP contribution in [0.3, 0.4) is 0 Å². The predicted octanol–water partition coefficient (Wildman–Crippen LogP) is 0.0518. The first-order valence-corrected chi connectivity index (χ1v) is 4.26. The Kier molecular flexibility index (Phi) is 3.61. The Morgan fingerprint density at radius 3 is 3.07 bits per heavy atom. The van der Waals surface area contributed by atoms with Crippen molar-refractivity contribution in [2.24, 2.45) is 0 Å². The van der Waals surface area contributed by atoms with Crippen molar-refractivity contribution >= 4 is 12.0 Å². The second kappa shape index (κ2) is 4.94. The molecule has 0 aliphatic carbocycles. The van der Waals surface area contributed by atoms with E-state index in [-0.39, 0.29) is 12.2 Å². The van der Waals surface area contributed by atoms with Crippen molar-refractivity contribution in [2.45, 2.75) is 6.92 Å². The predicted molar refractivity (Wildman–Crippen MR) is 52.2 cm³/mol. The van der Waals surface area contributed by atoms with Gasteiger partial charge >= 0.3 is 5.97 Å². The molecule has 0 aliphatic heterocycles. The molecule has 2 N–H and O–H groups in total. The van der Waals surface area contributed by atoms with Crippen molar-refractivity contribution in [1.29, 1.82) is 0 Å². The zero-order valence-electron chi connectivity index (χ0n) is 8.06. The Morgan fingerprint density at radius 2 is 2.47 bits per heavy atom. The van der Waals surface area contributed by atoms with Gasteiger partial charge in [0.15, 0.2) is 0 Å². The number of aromatic hydroxyl groups is 1. The lowest BCUT2D eigenvalue weighted by atomic mass is 10.3. The maximum atomic E-state index is 11.2. The van der Waals surface area contributed by atoms with E-state index in [1.807, 2.05) is 0 Å². The lowest BCUT2D eigenvalue weighted by molar-refractivity contribution is -0.137. The summed E-state index contributed by atoms with van der Waals surface area (Å²) in [4.78, 5) is 27.8. The molecular formula is C9H10N2O4. The van der Waals surface area contributed by atoms with Gasteiger partial charge in [0.2, 0.25) is 5.88 Å². The minimum absolute atomic E-state index is 0.0782. The largest absolute Gasteiger partial charge is 0.493 e. The highest BCUT2D eigenvalue weighted by Crippen LogP contribution is 2.07. The number of H-pyrrole nitrogens is 1. The van der Waals surface area contributed by atoms with Gasteiger partial charge < -0.3 is 14.8 Å². The fourth-order valence-corrected chi connectivity index (χ4v) is 0.893. The molecule has 6 heteroatoms. The van der Waals surface area contributed by atoms with E-state index < -0.39 is 17.4 Å². The SMILES string of the molecule is CCOC(=O)C=Cc1c(O)nc[nH]c1=O. The second-order valence-electron chi connectivity index (χ2n) is 2.55. The lowest BCUT2D eigenvalue weighted by Crippen LogP contribution is -2.09. The smallest absolute Gasteiger partial charge is 0.330 e. The highest BCUT2D eigenvalue weighted by atomic mass is 16.5. The van der Waals surface area contributed by atoms with E-state index in [1.54, 1.807) is 6.92 Å². The van der Waals surface area contributed by atoms with E-state index in [9.17, 15) is 14.7 Å². The molecule has 1 aromatic rings. The number of ether oxygens (including phenoxy) is 1. The quantitative estimate of drug-likeness (QED) is 0.543. The van der Waals surface area contributed by atoms with Crippen molar-refractivity contribution in [3.8, 4) is 5.88 Å². The van der Waals surface area contributed by atoms with Crippen molar-refractivity contribution in [1.82, 2.24) is 9.97 Å². The zero-order chi connectivity index (χ0) is 11.3. The molecule has 1 heterocycles. The number of aromatic nitrogens is 2. The van der Waals surface area contributed by atoms with Crippen LogP contribution in [0.5, 0.6) is 5.88 Å². The lowest BCUT2D eigenvalue weighted by Gasteiger charge is -1.96. The van der Waals surface area contributed by atoms with Gasteiger partial charge in [-0.2, -0.15) is 0 Å². The molecule has 0 bridgehead atoms. The first-order valence-electron chi connectivity index (χ1n) is 4.26. The van der Waals surface area contributed by atoms with Crippen LogP contribution < -0.4 is 5.56 Å². The number of aromatic amines is 1. The average molecular weight is 210 g/mol. The summed E-state index contributed by atoms with van der Waals surface area (Å²) >= 11 is 0.